The molecule has 0 saturated carbocycles. The van der Waals surface area contributed by atoms with Crippen molar-refractivity contribution in [1.82, 2.24) is 9.97 Å². The van der Waals surface area contributed by atoms with Crippen LogP contribution in [0.5, 0.6) is 5.75 Å². The molecular formula is C26H19N5O5S. The van der Waals surface area contributed by atoms with Gasteiger partial charge in [0.2, 0.25) is 11.7 Å². The van der Waals surface area contributed by atoms with Crippen molar-refractivity contribution in [3.05, 3.63) is 77.2 Å². The number of hydrogen-bond donors (Lipinski definition) is 3. The number of nitrogens with two attached hydrogens (primary N) is 1. The third kappa shape index (κ3) is 5.38. The van der Waals surface area contributed by atoms with E-state index in [9.17, 15) is 20.4 Å². The number of ether oxygens (including phenoxy) is 1. The third-order valence-electron chi connectivity index (χ3n) is 5.18. The molecule has 0 aliphatic rings. The Balaban J connectivity index is 1.71. The molecule has 0 atom stereocenters. The van der Waals surface area contributed by atoms with Gasteiger partial charge in [0.05, 0.1) is 12.2 Å². The Morgan fingerprint density at radius 2 is 1.73 bits per heavy atom. The Labute approximate surface area is 215 Å². The summed E-state index contributed by atoms with van der Waals surface area (Å²) in [5.74, 6) is -0.965. The molecule has 4 aromatic rings. The first kappa shape index (κ1) is 25.3. The first-order chi connectivity index (χ1) is 18.0. The molecule has 0 saturated heterocycles. The lowest BCUT2D eigenvalue weighted by atomic mass is 9.97. The number of pyridine rings is 1. The van der Waals surface area contributed by atoms with Crippen molar-refractivity contribution in [3.63, 3.8) is 0 Å². The predicted molar refractivity (Wildman–Crippen MR) is 135 cm³/mol. The van der Waals surface area contributed by atoms with Crippen molar-refractivity contribution >= 4 is 23.5 Å². The molecule has 0 fully saturated rings. The van der Waals surface area contributed by atoms with Gasteiger partial charge >= 0.3 is 5.97 Å². The van der Waals surface area contributed by atoms with E-state index in [1.165, 1.54) is 0 Å². The van der Waals surface area contributed by atoms with E-state index in [0.717, 1.165) is 11.8 Å². The lowest BCUT2D eigenvalue weighted by Gasteiger charge is -2.13. The van der Waals surface area contributed by atoms with Crippen LogP contribution in [0.4, 0.5) is 5.82 Å². The highest BCUT2D eigenvalue weighted by atomic mass is 32.2. The summed E-state index contributed by atoms with van der Waals surface area (Å²) in [6, 6.07) is 19.6. The van der Waals surface area contributed by atoms with E-state index < -0.39 is 5.97 Å². The van der Waals surface area contributed by atoms with Crippen LogP contribution in [0.1, 0.15) is 27.4 Å². The van der Waals surface area contributed by atoms with Crippen LogP contribution in [0.2, 0.25) is 0 Å². The molecule has 0 bridgehead atoms. The molecular weight excluding hydrogens is 494 g/mol. The van der Waals surface area contributed by atoms with Gasteiger partial charge in [0.25, 0.3) is 0 Å². The van der Waals surface area contributed by atoms with Gasteiger partial charge in [0.1, 0.15) is 46.6 Å². The number of aromatic carboxylic acids is 1. The van der Waals surface area contributed by atoms with Crippen LogP contribution in [0.15, 0.2) is 64.0 Å². The van der Waals surface area contributed by atoms with Crippen molar-refractivity contribution in [3.8, 4) is 40.5 Å². The van der Waals surface area contributed by atoms with Gasteiger partial charge in [0.15, 0.2) is 0 Å². The average molecular weight is 514 g/mol. The molecule has 0 aliphatic heterocycles. The zero-order valence-corrected chi connectivity index (χ0v) is 20.0. The van der Waals surface area contributed by atoms with Crippen molar-refractivity contribution in [1.29, 1.82) is 10.5 Å². The number of aliphatic hydroxyl groups excluding tert-OH is 1. The Morgan fingerprint density at radius 1 is 1.03 bits per heavy atom. The SMILES string of the molecule is N#Cc1c(N)nc(SCc2nc(-c3ccccc3)oc2C(=O)O)c(C#N)c1-c1ccc(OCCO)cc1. The van der Waals surface area contributed by atoms with Crippen molar-refractivity contribution in [2.24, 2.45) is 0 Å². The third-order valence-corrected chi connectivity index (χ3v) is 6.16. The summed E-state index contributed by atoms with van der Waals surface area (Å²) >= 11 is 1.06. The largest absolute Gasteiger partial charge is 0.491 e. The molecule has 0 amide bonds. The number of oxazole rings is 1. The number of nitrogen functional groups attached to an aromatic ring is 1. The van der Waals surface area contributed by atoms with Crippen molar-refractivity contribution < 1.29 is 24.2 Å². The number of benzene rings is 2. The van der Waals surface area contributed by atoms with E-state index >= 15 is 0 Å². The molecule has 37 heavy (non-hydrogen) atoms. The maximum Gasteiger partial charge on any atom is 0.373 e. The zero-order valence-electron chi connectivity index (χ0n) is 19.2. The second-order valence-corrected chi connectivity index (χ2v) is 8.47. The normalized spacial score (nSPS) is 10.5. The Kier molecular flexibility index (Phi) is 7.69. The van der Waals surface area contributed by atoms with Crippen LogP contribution < -0.4 is 10.5 Å². The summed E-state index contributed by atoms with van der Waals surface area (Å²) in [5.41, 5.74) is 7.87. The van der Waals surface area contributed by atoms with E-state index in [0.29, 0.717) is 22.4 Å². The monoisotopic (exact) mass is 513 g/mol. The zero-order chi connectivity index (χ0) is 26.4. The van der Waals surface area contributed by atoms with Crippen LogP contribution in [0, 0.1) is 22.7 Å². The highest BCUT2D eigenvalue weighted by Crippen LogP contribution is 2.37. The molecule has 184 valence electrons. The number of hydrogen-bond acceptors (Lipinski definition) is 10. The first-order valence-electron chi connectivity index (χ1n) is 10.9. The minimum absolute atomic E-state index is 0.0262. The number of nitriles is 2. The number of carboxylic acid groups (broad SMARTS) is 1. The summed E-state index contributed by atoms with van der Waals surface area (Å²) in [6.45, 7) is -0.00999. The van der Waals surface area contributed by atoms with E-state index in [1.807, 2.05) is 12.1 Å². The van der Waals surface area contributed by atoms with E-state index in [2.05, 4.69) is 16.0 Å². The quantitative estimate of drug-likeness (QED) is 0.274. The second kappa shape index (κ2) is 11.3. The molecule has 4 N–H and O–H groups in total. The molecule has 4 rings (SSSR count). The van der Waals surface area contributed by atoms with E-state index in [-0.39, 0.29) is 58.3 Å². The van der Waals surface area contributed by atoms with Crippen molar-refractivity contribution in [2.45, 2.75) is 10.8 Å². The molecule has 2 aromatic heterocycles. The van der Waals surface area contributed by atoms with Crippen LogP contribution in [0.25, 0.3) is 22.6 Å². The number of rotatable bonds is 9. The van der Waals surface area contributed by atoms with Gasteiger partial charge in [-0.1, -0.05) is 42.1 Å². The lowest BCUT2D eigenvalue weighted by Crippen LogP contribution is -2.04. The van der Waals surface area contributed by atoms with Gasteiger partial charge in [-0.25, -0.2) is 14.8 Å². The Morgan fingerprint density at radius 3 is 2.35 bits per heavy atom. The fourth-order valence-corrected chi connectivity index (χ4v) is 4.45. The molecule has 0 radical (unpaired) electrons. The number of carbonyl (C=O) groups is 1. The molecule has 0 unspecified atom stereocenters. The van der Waals surface area contributed by atoms with Gasteiger partial charge in [-0.2, -0.15) is 10.5 Å². The van der Waals surface area contributed by atoms with Gasteiger partial charge < -0.3 is 25.1 Å². The highest BCUT2D eigenvalue weighted by Gasteiger charge is 2.24. The van der Waals surface area contributed by atoms with Crippen LogP contribution >= 0.6 is 11.8 Å². The second-order valence-electron chi connectivity index (χ2n) is 7.50. The number of anilines is 1. The Hall–Kier alpha value is -4.84. The smallest absolute Gasteiger partial charge is 0.373 e. The summed E-state index contributed by atoms with van der Waals surface area (Å²) in [4.78, 5) is 20.4. The van der Waals surface area contributed by atoms with Gasteiger partial charge in [0, 0.05) is 16.9 Å². The first-order valence-corrected chi connectivity index (χ1v) is 11.8. The lowest BCUT2D eigenvalue weighted by molar-refractivity contribution is 0.0662. The van der Waals surface area contributed by atoms with Crippen LogP contribution in [-0.4, -0.2) is 39.4 Å². The predicted octanol–water partition coefficient (Wildman–Crippen LogP) is 4.09. The standard InChI is InChI=1S/C26H19N5O5S/c27-12-18-21(15-6-8-17(9-7-15)35-11-10-32)19(13-28)25(31-23(18)29)37-14-20-22(26(33)34)36-24(30-20)16-4-2-1-3-5-16/h1-9,32H,10-11,14H2,(H2,29,31)(H,33,34). The van der Waals surface area contributed by atoms with Gasteiger partial charge in [-0.15, -0.1) is 0 Å². The summed E-state index contributed by atoms with van der Waals surface area (Å²) in [5, 5.41) is 38.5. The van der Waals surface area contributed by atoms with E-state index in [4.69, 9.17) is 20.0 Å². The fourth-order valence-electron chi connectivity index (χ4n) is 3.53. The highest BCUT2D eigenvalue weighted by molar-refractivity contribution is 7.98. The van der Waals surface area contributed by atoms with Crippen LogP contribution in [-0.2, 0) is 5.75 Å². The molecule has 2 heterocycles. The van der Waals surface area contributed by atoms with Gasteiger partial charge in [-0.05, 0) is 29.8 Å². The molecule has 10 nitrogen and oxygen atoms in total. The van der Waals surface area contributed by atoms with Crippen molar-refractivity contribution in [2.75, 3.05) is 18.9 Å². The molecule has 0 aliphatic carbocycles. The number of carboxylic acids is 1. The van der Waals surface area contributed by atoms with Crippen LogP contribution in [0.3, 0.4) is 0 Å². The summed E-state index contributed by atoms with van der Waals surface area (Å²) < 4.78 is 10.9. The minimum atomic E-state index is -1.28. The van der Waals surface area contributed by atoms with E-state index in [1.54, 1.807) is 48.5 Å². The molecule has 11 heteroatoms. The maximum atomic E-state index is 11.8. The number of nitrogens with zero attached hydrogens (tertiary/aromatic N) is 4. The number of aliphatic hydroxyl groups is 1. The minimum Gasteiger partial charge on any atom is -0.491 e. The topological polar surface area (TPSA) is 179 Å². The maximum absolute atomic E-state index is 11.8. The number of thioether (sulfide) groups is 1. The summed E-state index contributed by atoms with van der Waals surface area (Å²) in [6.07, 6.45) is 0. The molecule has 2 aromatic carbocycles. The van der Waals surface area contributed by atoms with Gasteiger partial charge in [-0.3, -0.25) is 0 Å². The summed E-state index contributed by atoms with van der Waals surface area (Å²) in [7, 11) is 0. The Bertz CT molecular complexity index is 1520. The fraction of sp³-hybridized carbons (Fsp3) is 0.115. The molecule has 0 spiro atoms. The number of aromatic nitrogens is 2. The average Bonchev–Trinajstić information content (AvgIpc) is 3.36.